The van der Waals surface area contributed by atoms with Crippen LogP contribution in [0.2, 0.25) is 0 Å². The lowest BCUT2D eigenvalue weighted by molar-refractivity contribution is -0.215. The molecule has 0 aliphatic heterocycles. The molecule has 10 heteroatoms. The van der Waals surface area contributed by atoms with Crippen LogP contribution in [0.4, 0.5) is 26.3 Å². The molecule has 4 saturated carbocycles. The zero-order valence-electron chi connectivity index (χ0n) is 18.7. The van der Waals surface area contributed by atoms with E-state index in [2.05, 4.69) is 6.92 Å². The molecular formula is C23H30F6O4. The highest BCUT2D eigenvalue weighted by atomic mass is 19.4. The van der Waals surface area contributed by atoms with Crippen LogP contribution in [0.25, 0.3) is 0 Å². The molecular weight excluding hydrogens is 454 g/mol. The smallest absolute Gasteiger partial charge is 0.456 e. The number of halogens is 6. The fourth-order valence-corrected chi connectivity index (χ4v) is 7.89. The van der Waals surface area contributed by atoms with Crippen molar-refractivity contribution in [2.75, 3.05) is 0 Å². The van der Waals surface area contributed by atoms with E-state index in [0.717, 1.165) is 19.3 Å². The lowest BCUT2D eigenvalue weighted by atomic mass is 9.45. The number of alkyl halides is 6. The van der Waals surface area contributed by atoms with Gasteiger partial charge in [-0.05, 0) is 86.9 Å². The topological polar surface area (TPSA) is 52.6 Å². The third-order valence-electron chi connectivity index (χ3n) is 9.52. The highest BCUT2D eigenvalue weighted by molar-refractivity contribution is 5.76. The average molecular weight is 484 g/mol. The fraction of sp³-hybridized carbons (Fsp3) is 0.913. The molecule has 0 bridgehead atoms. The van der Waals surface area contributed by atoms with Gasteiger partial charge in [-0.2, -0.15) is 26.3 Å². The molecule has 33 heavy (non-hydrogen) atoms. The Morgan fingerprint density at radius 2 is 1.30 bits per heavy atom. The first-order chi connectivity index (χ1) is 15.2. The summed E-state index contributed by atoms with van der Waals surface area (Å²) in [7, 11) is 0. The Labute approximate surface area is 188 Å². The standard InChI is InChI=1S/C23H30F6O4/c1-20-9-7-13(32-18(30)22(24,25)26)11-12(20)3-4-14-15-5-6-17(33-19(31)23(27,28)29)21(15,2)10-8-16(14)20/h12-17H,3-11H2,1-2H3. The highest BCUT2D eigenvalue weighted by Crippen LogP contribution is 2.66. The molecule has 0 aromatic rings. The van der Waals surface area contributed by atoms with E-state index in [1.165, 1.54) is 0 Å². The number of hydrogen-bond acceptors (Lipinski definition) is 4. The minimum absolute atomic E-state index is 0.105. The molecule has 0 amide bonds. The van der Waals surface area contributed by atoms with Gasteiger partial charge in [-0.15, -0.1) is 0 Å². The van der Waals surface area contributed by atoms with Gasteiger partial charge < -0.3 is 9.47 Å². The largest absolute Gasteiger partial charge is 0.490 e. The minimum Gasteiger partial charge on any atom is -0.456 e. The van der Waals surface area contributed by atoms with Crippen LogP contribution >= 0.6 is 0 Å². The Morgan fingerprint density at radius 1 is 0.727 bits per heavy atom. The van der Waals surface area contributed by atoms with Gasteiger partial charge in [0, 0.05) is 5.41 Å². The number of fused-ring (bicyclic) bond motifs is 5. The van der Waals surface area contributed by atoms with Crippen LogP contribution in [-0.4, -0.2) is 36.5 Å². The van der Waals surface area contributed by atoms with Crippen LogP contribution < -0.4 is 0 Å². The van der Waals surface area contributed by atoms with E-state index in [9.17, 15) is 35.9 Å². The summed E-state index contributed by atoms with van der Waals surface area (Å²) in [5.74, 6) is -3.37. The molecule has 0 heterocycles. The van der Waals surface area contributed by atoms with E-state index in [0.29, 0.717) is 44.4 Å². The zero-order chi connectivity index (χ0) is 24.4. The molecule has 4 nitrogen and oxygen atoms in total. The van der Waals surface area contributed by atoms with Gasteiger partial charge in [0.15, 0.2) is 0 Å². The number of carbonyl (C=O) groups is 2. The van der Waals surface area contributed by atoms with Crippen LogP contribution in [0.1, 0.15) is 71.6 Å². The van der Waals surface area contributed by atoms with Crippen molar-refractivity contribution in [3.05, 3.63) is 0 Å². The molecule has 0 aromatic heterocycles. The second-order valence-electron chi connectivity index (χ2n) is 11.0. The van der Waals surface area contributed by atoms with Gasteiger partial charge in [-0.1, -0.05) is 13.8 Å². The summed E-state index contributed by atoms with van der Waals surface area (Å²) < 4.78 is 85.8. The Balaban J connectivity index is 1.45. The van der Waals surface area contributed by atoms with Crippen molar-refractivity contribution in [2.24, 2.45) is 34.5 Å². The molecule has 0 saturated heterocycles. The van der Waals surface area contributed by atoms with Gasteiger partial charge in [-0.25, -0.2) is 9.59 Å². The summed E-state index contributed by atoms with van der Waals surface area (Å²) in [5.41, 5.74) is -0.600. The summed E-state index contributed by atoms with van der Waals surface area (Å²) in [5, 5.41) is 0. The highest BCUT2D eigenvalue weighted by Gasteiger charge is 2.62. The second-order valence-corrected chi connectivity index (χ2v) is 11.0. The molecule has 0 radical (unpaired) electrons. The number of esters is 2. The predicted molar refractivity (Wildman–Crippen MR) is 104 cm³/mol. The number of rotatable bonds is 2. The van der Waals surface area contributed by atoms with Gasteiger partial charge in [0.05, 0.1) is 0 Å². The van der Waals surface area contributed by atoms with E-state index >= 15 is 0 Å². The van der Waals surface area contributed by atoms with E-state index in [1.54, 1.807) is 0 Å². The number of hydrogen-bond donors (Lipinski definition) is 0. The van der Waals surface area contributed by atoms with Crippen molar-refractivity contribution in [1.82, 2.24) is 0 Å². The zero-order valence-corrected chi connectivity index (χ0v) is 18.7. The van der Waals surface area contributed by atoms with Crippen molar-refractivity contribution in [3.8, 4) is 0 Å². The third-order valence-corrected chi connectivity index (χ3v) is 9.52. The maximum absolute atomic E-state index is 12.8. The fourth-order valence-electron chi connectivity index (χ4n) is 7.89. The van der Waals surface area contributed by atoms with Crippen molar-refractivity contribution in [3.63, 3.8) is 0 Å². The van der Waals surface area contributed by atoms with Crippen LogP contribution in [0.5, 0.6) is 0 Å². The lowest BCUT2D eigenvalue weighted by Gasteiger charge is -2.60. The quantitative estimate of drug-likeness (QED) is 0.358. The maximum Gasteiger partial charge on any atom is 0.490 e. The Morgan fingerprint density at radius 3 is 1.94 bits per heavy atom. The van der Waals surface area contributed by atoms with Crippen molar-refractivity contribution < 1.29 is 45.4 Å². The van der Waals surface area contributed by atoms with Crippen molar-refractivity contribution >= 4 is 11.9 Å². The predicted octanol–water partition coefficient (Wildman–Crippen LogP) is 5.98. The second kappa shape index (κ2) is 8.04. The van der Waals surface area contributed by atoms with Gasteiger partial charge in [-0.3, -0.25) is 0 Å². The maximum atomic E-state index is 12.8. The first-order valence-electron chi connectivity index (χ1n) is 11.7. The van der Waals surface area contributed by atoms with E-state index in [4.69, 9.17) is 9.47 Å². The van der Waals surface area contributed by atoms with Crippen LogP contribution in [0.15, 0.2) is 0 Å². The van der Waals surface area contributed by atoms with Gasteiger partial charge in [0.1, 0.15) is 12.2 Å². The summed E-state index contributed by atoms with van der Waals surface area (Å²) in [6.45, 7) is 4.12. The van der Waals surface area contributed by atoms with Gasteiger partial charge in [0.25, 0.3) is 0 Å². The van der Waals surface area contributed by atoms with Crippen LogP contribution in [-0.2, 0) is 19.1 Å². The molecule has 4 aliphatic rings. The molecule has 0 spiro atoms. The Bertz CT molecular complexity index is 795. The van der Waals surface area contributed by atoms with Gasteiger partial charge >= 0.3 is 24.3 Å². The van der Waals surface area contributed by atoms with Crippen LogP contribution in [0.3, 0.4) is 0 Å². The Kier molecular flexibility index (Phi) is 6.00. The molecule has 8 atom stereocenters. The minimum atomic E-state index is -5.01. The van der Waals surface area contributed by atoms with Gasteiger partial charge in [0.2, 0.25) is 0 Å². The van der Waals surface area contributed by atoms with Crippen LogP contribution in [0, 0.1) is 34.5 Å². The average Bonchev–Trinajstić information content (AvgIpc) is 3.03. The number of carbonyl (C=O) groups excluding carboxylic acids is 2. The third kappa shape index (κ3) is 4.24. The molecule has 8 unspecified atom stereocenters. The first kappa shape index (κ1) is 24.6. The normalized spacial score (nSPS) is 43.2. The summed E-state index contributed by atoms with van der Waals surface area (Å²) in [6.07, 6.45) is -5.84. The number of ether oxygens (including phenoxy) is 2. The van der Waals surface area contributed by atoms with E-state index in [1.807, 2.05) is 6.92 Å². The lowest BCUT2D eigenvalue weighted by Crippen LogP contribution is -2.55. The van der Waals surface area contributed by atoms with E-state index in [-0.39, 0.29) is 23.2 Å². The summed E-state index contributed by atoms with van der Waals surface area (Å²) in [6, 6.07) is 0. The Hall–Kier alpha value is -1.48. The van der Waals surface area contributed by atoms with Crippen molar-refractivity contribution in [1.29, 1.82) is 0 Å². The first-order valence-corrected chi connectivity index (χ1v) is 11.7. The SMILES string of the molecule is CC12CCC(OC(=O)C(F)(F)F)CC1CCC1C2CCC2(C)C(OC(=O)C(F)(F)F)CCC12. The molecule has 0 aromatic carbocycles. The monoisotopic (exact) mass is 484 g/mol. The molecule has 4 rings (SSSR count). The van der Waals surface area contributed by atoms with Crippen molar-refractivity contribution in [2.45, 2.75) is 96.2 Å². The molecule has 4 aliphatic carbocycles. The molecule has 4 fully saturated rings. The van der Waals surface area contributed by atoms with E-state index < -0.39 is 41.9 Å². The molecule has 188 valence electrons. The summed E-state index contributed by atoms with van der Waals surface area (Å²) in [4.78, 5) is 22.8. The summed E-state index contributed by atoms with van der Waals surface area (Å²) >= 11 is 0. The molecule has 0 N–H and O–H groups in total.